The average Bonchev–Trinajstić information content (AvgIpc) is 2.70. The summed E-state index contributed by atoms with van der Waals surface area (Å²) in [4.78, 5) is 35.5. The molecule has 0 aliphatic heterocycles. The number of hydrogen-bond donors (Lipinski definition) is 2. The molecule has 2 N–H and O–H groups in total. The molecule has 2 amide bonds. The van der Waals surface area contributed by atoms with E-state index in [1.807, 2.05) is 12.1 Å². The molecule has 0 aliphatic carbocycles. The van der Waals surface area contributed by atoms with E-state index in [1.165, 1.54) is 6.92 Å². The largest absolute Gasteiger partial charge is 0.497 e. The number of rotatable bonds is 9. The predicted octanol–water partition coefficient (Wildman–Crippen LogP) is 2.78. The van der Waals surface area contributed by atoms with Gasteiger partial charge in [-0.25, -0.2) is 0 Å². The van der Waals surface area contributed by atoms with E-state index in [1.54, 1.807) is 43.5 Å². The van der Waals surface area contributed by atoms with Crippen molar-refractivity contribution in [2.45, 2.75) is 25.9 Å². The lowest BCUT2D eigenvalue weighted by Gasteiger charge is -2.17. The summed E-state index contributed by atoms with van der Waals surface area (Å²) in [6, 6.07) is 13.5. The van der Waals surface area contributed by atoms with Crippen molar-refractivity contribution in [1.82, 2.24) is 10.6 Å². The van der Waals surface area contributed by atoms with E-state index >= 15 is 0 Å². The van der Waals surface area contributed by atoms with Gasteiger partial charge in [-0.05, 0) is 35.4 Å². The van der Waals surface area contributed by atoms with Crippen molar-refractivity contribution in [3.8, 4) is 5.75 Å². The number of amides is 2. The molecule has 0 heterocycles. The van der Waals surface area contributed by atoms with E-state index in [0.29, 0.717) is 16.3 Å². The third-order valence-corrected chi connectivity index (χ3v) is 4.26. The SMILES string of the molecule is COc1cccc(CNC(=O)COC(=O)CC(NC(C)=O)c2ccc(Cl)cc2)c1. The molecule has 2 aromatic carbocycles. The fraction of sp³-hybridized carbons (Fsp3) is 0.286. The average molecular weight is 419 g/mol. The van der Waals surface area contributed by atoms with Crippen molar-refractivity contribution in [3.05, 3.63) is 64.7 Å². The summed E-state index contributed by atoms with van der Waals surface area (Å²) in [7, 11) is 1.56. The van der Waals surface area contributed by atoms with Gasteiger partial charge in [0.1, 0.15) is 5.75 Å². The van der Waals surface area contributed by atoms with Gasteiger partial charge in [0, 0.05) is 18.5 Å². The number of hydrogen-bond acceptors (Lipinski definition) is 5. The van der Waals surface area contributed by atoms with Gasteiger partial charge in [-0.2, -0.15) is 0 Å². The van der Waals surface area contributed by atoms with Crippen molar-refractivity contribution >= 4 is 29.4 Å². The predicted molar refractivity (Wildman–Crippen MR) is 108 cm³/mol. The van der Waals surface area contributed by atoms with Crippen molar-refractivity contribution in [3.63, 3.8) is 0 Å². The Hall–Kier alpha value is -3.06. The Morgan fingerprint density at radius 1 is 1.10 bits per heavy atom. The molecule has 0 spiro atoms. The normalized spacial score (nSPS) is 11.3. The number of benzene rings is 2. The highest BCUT2D eigenvalue weighted by Gasteiger charge is 2.19. The maximum Gasteiger partial charge on any atom is 0.308 e. The third-order valence-electron chi connectivity index (χ3n) is 4.01. The van der Waals surface area contributed by atoms with Gasteiger partial charge in [0.05, 0.1) is 19.6 Å². The zero-order valence-electron chi connectivity index (χ0n) is 16.2. The van der Waals surface area contributed by atoms with Gasteiger partial charge < -0.3 is 20.1 Å². The van der Waals surface area contributed by atoms with Gasteiger partial charge in [-0.3, -0.25) is 14.4 Å². The summed E-state index contributed by atoms with van der Waals surface area (Å²) in [6.45, 7) is 1.24. The number of carbonyl (C=O) groups excluding carboxylic acids is 3. The molecule has 0 saturated heterocycles. The maximum absolute atomic E-state index is 12.1. The van der Waals surface area contributed by atoms with Crippen molar-refractivity contribution in [1.29, 1.82) is 0 Å². The van der Waals surface area contributed by atoms with Gasteiger partial charge in [0.25, 0.3) is 5.91 Å². The Labute approximate surface area is 174 Å². The van der Waals surface area contributed by atoms with Gasteiger partial charge >= 0.3 is 5.97 Å². The molecule has 2 aromatic rings. The lowest BCUT2D eigenvalue weighted by molar-refractivity contribution is -0.149. The number of carbonyl (C=O) groups is 3. The van der Waals surface area contributed by atoms with E-state index in [0.717, 1.165) is 5.56 Å². The molecule has 0 radical (unpaired) electrons. The molecule has 0 saturated carbocycles. The quantitative estimate of drug-likeness (QED) is 0.611. The summed E-state index contributed by atoms with van der Waals surface area (Å²) < 4.78 is 10.2. The number of ether oxygens (including phenoxy) is 2. The summed E-state index contributed by atoms with van der Waals surface area (Å²) in [5.74, 6) is -0.623. The first-order chi connectivity index (χ1) is 13.9. The standard InChI is InChI=1S/C21H23ClN2O5/c1-14(25)24-19(16-6-8-17(22)9-7-16)11-21(27)29-13-20(26)23-12-15-4-3-5-18(10-15)28-2/h3-10,19H,11-13H2,1-2H3,(H,23,26)(H,24,25). The highest BCUT2D eigenvalue weighted by atomic mass is 35.5. The highest BCUT2D eigenvalue weighted by Crippen LogP contribution is 2.20. The number of nitrogens with one attached hydrogen (secondary N) is 2. The first-order valence-corrected chi connectivity index (χ1v) is 9.33. The summed E-state index contributed by atoms with van der Waals surface area (Å²) in [6.07, 6.45) is -0.107. The summed E-state index contributed by atoms with van der Waals surface area (Å²) >= 11 is 5.87. The molecular weight excluding hydrogens is 396 g/mol. The van der Waals surface area contributed by atoms with Crippen LogP contribution in [0.5, 0.6) is 5.75 Å². The minimum atomic E-state index is -0.602. The van der Waals surface area contributed by atoms with Crippen LogP contribution in [0.1, 0.15) is 30.5 Å². The molecule has 29 heavy (non-hydrogen) atoms. The second kappa shape index (κ2) is 11.1. The van der Waals surface area contributed by atoms with Crippen molar-refractivity contribution in [2.75, 3.05) is 13.7 Å². The van der Waals surface area contributed by atoms with Crippen LogP contribution >= 0.6 is 11.6 Å². The zero-order chi connectivity index (χ0) is 21.2. The van der Waals surface area contributed by atoms with Crippen molar-refractivity contribution in [2.24, 2.45) is 0 Å². The van der Waals surface area contributed by atoms with Crippen LogP contribution in [0.2, 0.25) is 5.02 Å². The fourth-order valence-electron chi connectivity index (χ4n) is 2.60. The van der Waals surface area contributed by atoms with Crippen LogP contribution in [0.15, 0.2) is 48.5 Å². The first kappa shape index (κ1) is 22.2. The molecule has 2 rings (SSSR count). The Bertz CT molecular complexity index is 854. The Morgan fingerprint density at radius 3 is 2.48 bits per heavy atom. The lowest BCUT2D eigenvalue weighted by atomic mass is 10.0. The van der Waals surface area contributed by atoms with E-state index in [9.17, 15) is 14.4 Å². The van der Waals surface area contributed by atoms with Gasteiger partial charge in [0.2, 0.25) is 5.91 Å². The van der Waals surface area contributed by atoms with Crippen LogP contribution in [-0.2, 0) is 25.7 Å². The first-order valence-electron chi connectivity index (χ1n) is 8.95. The Morgan fingerprint density at radius 2 is 1.83 bits per heavy atom. The monoisotopic (exact) mass is 418 g/mol. The minimum Gasteiger partial charge on any atom is -0.497 e. The molecule has 0 aromatic heterocycles. The molecule has 8 heteroatoms. The lowest BCUT2D eigenvalue weighted by Crippen LogP contribution is -2.31. The Kier molecular flexibility index (Phi) is 8.48. The van der Waals surface area contributed by atoms with Crippen LogP contribution in [0.25, 0.3) is 0 Å². The molecule has 1 atom stereocenters. The van der Waals surface area contributed by atoms with Gasteiger partial charge in [0.15, 0.2) is 6.61 Å². The summed E-state index contributed by atoms with van der Waals surface area (Å²) in [5, 5.41) is 5.92. The zero-order valence-corrected chi connectivity index (χ0v) is 17.0. The second-order valence-corrected chi connectivity index (χ2v) is 6.73. The topological polar surface area (TPSA) is 93.7 Å². The smallest absolute Gasteiger partial charge is 0.308 e. The van der Waals surface area contributed by atoms with Crippen LogP contribution in [0, 0.1) is 0 Å². The fourth-order valence-corrected chi connectivity index (χ4v) is 2.72. The molecule has 0 aliphatic rings. The number of halogens is 1. The van der Waals surface area contributed by atoms with Gasteiger partial charge in [-0.1, -0.05) is 35.9 Å². The van der Waals surface area contributed by atoms with E-state index in [4.69, 9.17) is 21.1 Å². The van der Waals surface area contributed by atoms with Crippen molar-refractivity contribution < 1.29 is 23.9 Å². The van der Waals surface area contributed by atoms with E-state index in [2.05, 4.69) is 10.6 Å². The highest BCUT2D eigenvalue weighted by molar-refractivity contribution is 6.30. The van der Waals surface area contributed by atoms with E-state index in [-0.39, 0.29) is 18.9 Å². The van der Waals surface area contributed by atoms with Crippen LogP contribution < -0.4 is 15.4 Å². The summed E-state index contributed by atoms with van der Waals surface area (Å²) in [5.41, 5.74) is 1.57. The van der Waals surface area contributed by atoms with Crippen LogP contribution in [0.4, 0.5) is 0 Å². The number of methoxy groups -OCH3 is 1. The Balaban J connectivity index is 1.83. The molecule has 0 fully saturated rings. The van der Waals surface area contributed by atoms with Crippen LogP contribution in [-0.4, -0.2) is 31.5 Å². The molecule has 7 nitrogen and oxygen atoms in total. The maximum atomic E-state index is 12.1. The van der Waals surface area contributed by atoms with E-state index < -0.39 is 24.5 Å². The minimum absolute atomic E-state index is 0.107. The molecular formula is C21H23ClN2O5. The molecule has 1 unspecified atom stereocenters. The van der Waals surface area contributed by atoms with Crippen LogP contribution in [0.3, 0.4) is 0 Å². The number of esters is 1. The third kappa shape index (κ3) is 7.83. The molecule has 154 valence electrons. The second-order valence-electron chi connectivity index (χ2n) is 6.30. The molecule has 0 bridgehead atoms. The van der Waals surface area contributed by atoms with Gasteiger partial charge in [-0.15, -0.1) is 0 Å².